The molecule has 0 bridgehead atoms. The van der Waals surface area contributed by atoms with E-state index in [1.807, 2.05) is 37.4 Å². The molecule has 2 heterocycles. The Balaban J connectivity index is 1.90. The van der Waals surface area contributed by atoms with Gasteiger partial charge in [0.25, 0.3) is 0 Å². The zero-order valence-corrected chi connectivity index (χ0v) is 15.1. The molecule has 26 heavy (non-hydrogen) atoms. The Morgan fingerprint density at radius 1 is 1.15 bits per heavy atom. The van der Waals surface area contributed by atoms with Crippen LogP contribution in [0.5, 0.6) is 17.4 Å². The molecule has 2 aromatic carbocycles. The predicted molar refractivity (Wildman–Crippen MR) is 98.6 cm³/mol. The highest BCUT2D eigenvalue weighted by atomic mass is 32.2. The minimum Gasteiger partial charge on any atom is -0.508 e. The van der Waals surface area contributed by atoms with Crippen LogP contribution >= 0.6 is 11.8 Å². The van der Waals surface area contributed by atoms with Gasteiger partial charge >= 0.3 is 0 Å². The van der Waals surface area contributed by atoms with Crippen molar-refractivity contribution in [2.75, 3.05) is 6.26 Å². The number of phenols is 2. The largest absolute Gasteiger partial charge is 0.508 e. The molecule has 1 aliphatic rings. The second-order valence-electron chi connectivity index (χ2n) is 6.12. The normalized spacial score (nSPS) is 15.5. The molecule has 0 saturated carbocycles. The van der Waals surface area contributed by atoms with Crippen LogP contribution in [0.3, 0.4) is 0 Å². The summed E-state index contributed by atoms with van der Waals surface area (Å²) in [6, 6.07) is 10.8. The summed E-state index contributed by atoms with van der Waals surface area (Å²) in [5.41, 5.74) is 3.94. The fraction of sp³-hybridized carbons (Fsp3) is 0.211. The summed E-state index contributed by atoms with van der Waals surface area (Å²) in [4.78, 5) is 4.48. The lowest BCUT2D eigenvalue weighted by Crippen LogP contribution is -2.12. The second kappa shape index (κ2) is 6.49. The van der Waals surface area contributed by atoms with Crippen LogP contribution in [-0.4, -0.2) is 31.7 Å². The van der Waals surface area contributed by atoms with Crippen LogP contribution in [0.2, 0.25) is 0 Å². The van der Waals surface area contributed by atoms with Gasteiger partial charge in [-0.1, -0.05) is 36.0 Å². The predicted octanol–water partition coefficient (Wildman–Crippen LogP) is 3.66. The molecule has 0 radical (unpaired) electrons. The first-order valence-electron chi connectivity index (χ1n) is 8.13. The summed E-state index contributed by atoms with van der Waals surface area (Å²) in [6.07, 6.45) is 1.97. The Morgan fingerprint density at radius 3 is 2.73 bits per heavy atom. The molecule has 0 amide bonds. The number of aromatic hydroxyl groups is 2. The van der Waals surface area contributed by atoms with E-state index in [4.69, 9.17) is 4.74 Å². The number of hydrogen-bond acceptors (Lipinski definition) is 7. The lowest BCUT2D eigenvalue weighted by Gasteiger charge is -2.20. The van der Waals surface area contributed by atoms with E-state index in [-0.39, 0.29) is 11.5 Å². The van der Waals surface area contributed by atoms with Crippen LogP contribution in [0, 0.1) is 6.92 Å². The molecule has 0 aliphatic carbocycles. The first-order chi connectivity index (χ1) is 12.6. The maximum Gasteiger partial charge on any atom is 0.245 e. The molecular weight excluding hydrogens is 350 g/mol. The summed E-state index contributed by atoms with van der Waals surface area (Å²) < 4.78 is 6.20. The minimum absolute atomic E-state index is 0.000497. The van der Waals surface area contributed by atoms with E-state index >= 15 is 0 Å². The van der Waals surface area contributed by atoms with Gasteiger partial charge in [0.1, 0.15) is 17.6 Å². The molecule has 1 aliphatic heterocycles. The van der Waals surface area contributed by atoms with Crippen LogP contribution in [0.15, 0.2) is 41.6 Å². The second-order valence-corrected chi connectivity index (χ2v) is 6.89. The fourth-order valence-corrected chi connectivity index (χ4v) is 3.58. The molecule has 7 heteroatoms. The van der Waals surface area contributed by atoms with Crippen molar-refractivity contribution in [1.29, 1.82) is 0 Å². The quantitative estimate of drug-likeness (QED) is 0.668. The van der Waals surface area contributed by atoms with E-state index in [1.165, 1.54) is 17.8 Å². The van der Waals surface area contributed by atoms with Crippen LogP contribution in [0.4, 0.5) is 0 Å². The first kappa shape index (κ1) is 16.7. The van der Waals surface area contributed by atoms with Gasteiger partial charge in [0, 0.05) is 23.6 Å². The number of nitrogens with zero attached hydrogens (tertiary/aromatic N) is 3. The van der Waals surface area contributed by atoms with Crippen molar-refractivity contribution >= 4 is 11.8 Å². The highest BCUT2D eigenvalue weighted by Gasteiger charge is 2.29. The highest BCUT2D eigenvalue weighted by molar-refractivity contribution is 7.98. The maximum atomic E-state index is 10.4. The number of phenolic OH excluding ortho intramolecular Hbond substituents is 2. The molecule has 2 N–H and O–H groups in total. The summed E-state index contributed by atoms with van der Waals surface area (Å²) >= 11 is 1.39. The van der Waals surface area contributed by atoms with Crippen molar-refractivity contribution in [3.05, 3.63) is 53.1 Å². The monoisotopic (exact) mass is 367 g/mol. The van der Waals surface area contributed by atoms with Gasteiger partial charge in [0.05, 0.1) is 0 Å². The summed E-state index contributed by atoms with van der Waals surface area (Å²) in [5.74, 6) is 0.415. The number of hydrogen-bond donors (Lipinski definition) is 2. The molecule has 6 nitrogen and oxygen atoms in total. The third-order valence-corrected chi connectivity index (χ3v) is 4.96. The van der Waals surface area contributed by atoms with E-state index in [0.717, 1.165) is 16.7 Å². The third-order valence-electron chi connectivity index (χ3n) is 4.42. The number of rotatable bonds is 2. The lowest BCUT2D eigenvalue weighted by atomic mass is 9.94. The Labute approximate surface area is 154 Å². The maximum absolute atomic E-state index is 10.4. The molecule has 1 atom stereocenters. The van der Waals surface area contributed by atoms with Crippen LogP contribution < -0.4 is 4.74 Å². The van der Waals surface area contributed by atoms with Crippen molar-refractivity contribution in [3.8, 4) is 28.6 Å². The molecule has 132 valence electrons. The van der Waals surface area contributed by atoms with Crippen molar-refractivity contribution in [2.24, 2.45) is 0 Å². The molecule has 0 saturated heterocycles. The number of fused-ring (bicyclic) bond motifs is 3. The lowest BCUT2D eigenvalue weighted by molar-refractivity contribution is 0.193. The van der Waals surface area contributed by atoms with Gasteiger partial charge in [0.15, 0.2) is 5.69 Å². The van der Waals surface area contributed by atoms with Crippen molar-refractivity contribution in [1.82, 2.24) is 15.2 Å². The average Bonchev–Trinajstić information content (AvgIpc) is 2.76. The molecule has 4 rings (SSSR count). The van der Waals surface area contributed by atoms with E-state index in [1.54, 1.807) is 6.07 Å². The number of benzene rings is 2. The molecule has 1 unspecified atom stereocenters. The number of aromatic nitrogens is 3. The van der Waals surface area contributed by atoms with E-state index in [0.29, 0.717) is 28.7 Å². The smallest absolute Gasteiger partial charge is 0.245 e. The third kappa shape index (κ3) is 2.84. The van der Waals surface area contributed by atoms with Crippen molar-refractivity contribution in [3.63, 3.8) is 0 Å². The number of ether oxygens (including phenoxy) is 1. The fourth-order valence-electron chi connectivity index (χ4n) is 3.28. The minimum atomic E-state index is -0.454. The molecule has 0 spiro atoms. The Kier molecular flexibility index (Phi) is 4.16. The Hall–Kier alpha value is -2.80. The van der Waals surface area contributed by atoms with Crippen LogP contribution in [0.1, 0.15) is 22.8 Å². The number of thioether (sulfide) groups is 1. The Bertz CT molecular complexity index is 971. The highest BCUT2D eigenvalue weighted by Crippen LogP contribution is 2.42. The van der Waals surface area contributed by atoms with Gasteiger partial charge in [-0.15, -0.1) is 10.2 Å². The van der Waals surface area contributed by atoms with E-state index < -0.39 is 6.10 Å². The summed E-state index contributed by atoms with van der Waals surface area (Å²) in [5, 5.41) is 29.1. The van der Waals surface area contributed by atoms with E-state index in [2.05, 4.69) is 15.2 Å². The standard InChI is InChI=1S/C19H17N3O3S/c1-10-7-12(23)9-14(24)16(10)15-8-11-5-3-4-6-13(11)17-18(25-15)20-19(26-2)22-21-17/h3-7,9,15,23-24H,8H2,1-2H3. The van der Waals surface area contributed by atoms with Crippen LogP contribution in [-0.2, 0) is 6.42 Å². The van der Waals surface area contributed by atoms with Gasteiger partial charge in [0.2, 0.25) is 11.0 Å². The van der Waals surface area contributed by atoms with Crippen molar-refractivity contribution < 1.29 is 14.9 Å². The molecule has 1 aromatic heterocycles. The summed E-state index contributed by atoms with van der Waals surface area (Å²) in [7, 11) is 0. The first-order valence-corrected chi connectivity index (χ1v) is 9.35. The molecular formula is C19H17N3O3S. The topological polar surface area (TPSA) is 88.4 Å². The zero-order chi connectivity index (χ0) is 18.3. The molecule has 3 aromatic rings. The van der Waals surface area contributed by atoms with Gasteiger partial charge in [-0.25, -0.2) is 0 Å². The Morgan fingerprint density at radius 2 is 1.96 bits per heavy atom. The van der Waals surface area contributed by atoms with Crippen molar-refractivity contribution in [2.45, 2.75) is 24.6 Å². The van der Waals surface area contributed by atoms with Crippen LogP contribution in [0.25, 0.3) is 11.3 Å². The molecule has 0 fully saturated rings. The zero-order valence-electron chi connectivity index (χ0n) is 14.3. The summed E-state index contributed by atoms with van der Waals surface area (Å²) in [6.45, 7) is 1.83. The number of aryl methyl sites for hydroxylation is 1. The van der Waals surface area contributed by atoms with Gasteiger partial charge < -0.3 is 14.9 Å². The average molecular weight is 367 g/mol. The van der Waals surface area contributed by atoms with Gasteiger partial charge in [-0.2, -0.15) is 4.98 Å². The van der Waals surface area contributed by atoms with Gasteiger partial charge in [-0.05, 0) is 30.4 Å². The van der Waals surface area contributed by atoms with Gasteiger partial charge in [-0.3, -0.25) is 0 Å². The van der Waals surface area contributed by atoms with E-state index in [9.17, 15) is 10.2 Å². The SMILES string of the molecule is CSc1nnc2c(n1)OC(c1c(C)cc(O)cc1O)Cc1ccccc1-2.